The SMILES string of the molecule is CCN(Cc1cccc2c1C(=O)N(C1CCC(=O)NC1=O)C2=O)C(=O)Nc1ccc(OC)cc1. The molecule has 1 fully saturated rings. The van der Waals surface area contributed by atoms with Crippen LogP contribution < -0.4 is 15.4 Å². The predicted molar refractivity (Wildman–Crippen MR) is 121 cm³/mol. The lowest BCUT2D eigenvalue weighted by Crippen LogP contribution is -2.54. The number of rotatable bonds is 6. The third-order valence-electron chi connectivity index (χ3n) is 5.93. The monoisotopic (exact) mass is 464 g/mol. The Labute approximate surface area is 195 Å². The molecular weight excluding hydrogens is 440 g/mol. The number of ether oxygens (including phenoxy) is 1. The highest BCUT2D eigenvalue weighted by atomic mass is 16.5. The van der Waals surface area contributed by atoms with Crippen molar-refractivity contribution in [3.8, 4) is 5.75 Å². The number of piperidine rings is 1. The second-order valence-corrected chi connectivity index (χ2v) is 7.96. The first-order valence-corrected chi connectivity index (χ1v) is 10.9. The molecule has 6 amide bonds. The number of nitrogens with one attached hydrogen (secondary N) is 2. The van der Waals surface area contributed by atoms with E-state index in [4.69, 9.17) is 4.74 Å². The molecule has 2 aliphatic heterocycles. The first-order valence-electron chi connectivity index (χ1n) is 10.9. The van der Waals surface area contributed by atoms with Gasteiger partial charge in [0.15, 0.2) is 0 Å². The molecule has 2 aromatic rings. The molecule has 10 nitrogen and oxygen atoms in total. The Kier molecular flexibility index (Phi) is 6.31. The zero-order chi connectivity index (χ0) is 24.4. The predicted octanol–water partition coefficient (Wildman–Crippen LogP) is 2.15. The highest BCUT2D eigenvalue weighted by Crippen LogP contribution is 2.30. The maximum Gasteiger partial charge on any atom is 0.322 e. The van der Waals surface area contributed by atoms with Gasteiger partial charge < -0.3 is 15.0 Å². The number of amides is 6. The zero-order valence-electron chi connectivity index (χ0n) is 18.8. The third kappa shape index (κ3) is 4.21. The molecule has 0 aromatic heterocycles. The fraction of sp³-hybridized carbons (Fsp3) is 0.292. The average molecular weight is 464 g/mol. The molecule has 2 aromatic carbocycles. The lowest BCUT2D eigenvalue weighted by atomic mass is 10.0. The van der Waals surface area contributed by atoms with Gasteiger partial charge in [0.25, 0.3) is 11.8 Å². The summed E-state index contributed by atoms with van der Waals surface area (Å²) in [5.41, 5.74) is 1.43. The van der Waals surface area contributed by atoms with E-state index in [2.05, 4.69) is 10.6 Å². The Balaban J connectivity index is 1.55. The van der Waals surface area contributed by atoms with Crippen LogP contribution in [0.4, 0.5) is 10.5 Å². The number of methoxy groups -OCH3 is 1. The molecule has 0 radical (unpaired) electrons. The topological polar surface area (TPSA) is 125 Å². The molecule has 2 heterocycles. The number of fused-ring (bicyclic) bond motifs is 1. The van der Waals surface area contributed by atoms with E-state index in [9.17, 15) is 24.0 Å². The minimum absolute atomic E-state index is 0.0474. The van der Waals surface area contributed by atoms with Gasteiger partial charge in [0.1, 0.15) is 11.8 Å². The van der Waals surface area contributed by atoms with Crippen molar-refractivity contribution in [1.29, 1.82) is 0 Å². The molecule has 1 saturated heterocycles. The summed E-state index contributed by atoms with van der Waals surface area (Å²) in [7, 11) is 1.55. The Hall–Kier alpha value is -4.21. The highest BCUT2D eigenvalue weighted by molar-refractivity contribution is 6.24. The second kappa shape index (κ2) is 9.34. The highest BCUT2D eigenvalue weighted by Gasteiger charge is 2.45. The number of imide groups is 2. The van der Waals surface area contributed by atoms with Crippen LogP contribution in [0.25, 0.3) is 0 Å². The van der Waals surface area contributed by atoms with Crippen LogP contribution in [-0.2, 0) is 16.1 Å². The molecule has 2 aliphatic rings. The van der Waals surface area contributed by atoms with Crippen molar-refractivity contribution in [3.63, 3.8) is 0 Å². The van der Waals surface area contributed by atoms with Crippen LogP contribution in [0, 0.1) is 0 Å². The number of anilines is 1. The van der Waals surface area contributed by atoms with Crippen molar-refractivity contribution in [1.82, 2.24) is 15.1 Å². The van der Waals surface area contributed by atoms with Gasteiger partial charge in [-0.1, -0.05) is 12.1 Å². The number of hydrogen-bond donors (Lipinski definition) is 2. The number of benzene rings is 2. The molecule has 10 heteroatoms. The van der Waals surface area contributed by atoms with Crippen molar-refractivity contribution in [2.75, 3.05) is 19.0 Å². The lowest BCUT2D eigenvalue weighted by Gasteiger charge is -2.28. The molecular formula is C24H24N4O6. The van der Waals surface area contributed by atoms with Crippen molar-refractivity contribution in [2.45, 2.75) is 32.4 Å². The van der Waals surface area contributed by atoms with Crippen LogP contribution in [0.3, 0.4) is 0 Å². The Morgan fingerprint density at radius 2 is 1.85 bits per heavy atom. The fourth-order valence-corrected chi connectivity index (χ4v) is 4.13. The van der Waals surface area contributed by atoms with Crippen LogP contribution in [0.1, 0.15) is 46.0 Å². The minimum Gasteiger partial charge on any atom is -0.497 e. The van der Waals surface area contributed by atoms with Gasteiger partial charge in [-0.2, -0.15) is 0 Å². The Bertz CT molecular complexity index is 1180. The van der Waals surface area contributed by atoms with E-state index in [0.29, 0.717) is 23.5 Å². The molecule has 4 rings (SSSR count). The number of hydrogen-bond acceptors (Lipinski definition) is 6. The largest absolute Gasteiger partial charge is 0.497 e. The van der Waals surface area contributed by atoms with Gasteiger partial charge in [-0.25, -0.2) is 4.79 Å². The summed E-state index contributed by atoms with van der Waals surface area (Å²) in [4.78, 5) is 65.3. The molecule has 0 aliphatic carbocycles. The maximum absolute atomic E-state index is 13.3. The van der Waals surface area contributed by atoms with Gasteiger partial charge in [-0.3, -0.25) is 29.4 Å². The van der Waals surface area contributed by atoms with Crippen LogP contribution in [0.2, 0.25) is 0 Å². The Morgan fingerprint density at radius 1 is 1.12 bits per heavy atom. The zero-order valence-corrected chi connectivity index (χ0v) is 18.8. The molecule has 0 bridgehead atoms. The first-order chi connectivity index (χ1) is 16.3. The molecule has 1 atom stereocenters. The molecule has 34 heavy (non-hydrogen) atoms. The number of carbonyl (C=O) groups is 5. The third-order valence-corrected chi connectivity index (χ3v) is 5.93. The number of urea groups is 1. The summed E-state index contributed by atoms with van der Waals surface area (Å²) in [6.45, 7) is 2.24. The first kappa shape index (κ1) is 23.0. The molecule has 0 spiro atoms. The summed E-state index contributed by atoms with van der Waals surface area (Å²) in [5, 5.41) is 4.99. The van der Waals surface area contributed by atoms with E-state index in [0.717, 1.165) is 4.90 Å². The molecule has 2 N–H and O–H groups in total. The van der Waals surface area contributed by atoms with E-state index >= 15 is 0 Å². The molecule has 176 valence electrons. The van der Waals surface area contributed by atoms with Crippen LogP contribution in [0.5, 0.6) is 5.75 Å². The van der Waals surface area contributed by atoms with Crippen molar-refractivity contribution < 1.29 is 28.7 Å². The maximum atomic E-state index is 13.3. The Morgan fingerprint density at radius 3 is 2.50 bits per heavy atom. The van der Waals surface area contributed by atoms with Gasteiger partial charge in [-0.15, -0.1) is 0 Å². The summed E-state index contributed by atoms with van der Waals surface area (Å²) in [6.07, 6.45) is 0.128. The van der Waals surface area contributed by atoms with E-state index in [-0.39, 0.29) is 36.5 Å². The van der Waals surface area contributed by atoms with Gasteiger partial charge in [-0.05, 0) is 49.2 Å². The van der Waals surface area contributed by atoms with Gasteiger partial charge in [0.2, 0.25) is 11.8 Å². The van der Waals surface area contributed by atoms with Crippen molar-refractivity contribution in [3.05, 3.63) is 59.2 Å². The quantitative estimate of drug-likeness (QED) is 0.631. The van der Waals surface area contributed by atoms with Gasteiger partial charge >= 0.3 is 6.03 Å². The van der Waals surface area contributed by atoms with Crippen LogP contribution >= 0.6 is 0 Å². The van der Waals surface area contributed by atoms with E-state index in [1.165, 1.54) is 11.0 Å². The lowest BCUT2D eigenvalue weighted by molar-refractivity contribution is -0.136. The molecule has 1 unspecified atom stereocenters. The van der Waals surface area contributed by atoms with Crippen molar-refractivity contribution in [2.24, 2.45) is 0 Å². The number of nitrogens with zero attached hydrogens (tertiary/aromatic N) is 2. The van der Waals surface area contributed by atoms with E-state index < -0.39 is 29.7 Å². The fourth-order valence-electron chi connectivity index (χ4n) is 4.13. The summed E-state index contributed by atoms with van der Waals surface area (Å²) in [5.74, 6) is -1.62. The van der Waals surface area contributed by atoms with Crippen LogP contribution in [-0.4, -0.2) is 59.2 Å². The number of carbonyl (C=O) groups excluding carboxylic acids is 5. The van der Waals surface area contributed by atoms with Crippen molar-refractivity contribution >= 4 is 35.3 Å². The average Bonchev–Trinajstić information content (AvgIpc) is 3.08. The van der Waals surface area contributed by atoms with Crippen LogP contribution in [0.15, 0.2) is 42.5 Å². The van der Waals surface area contributed by atoms with Gasteiger partial charge in [0.05, 0.1) is 18.2 Å². The second-order valence-electron chi connectivity index (χ2n) is 7.96. The normalized spacial score (nSPS) is 17.4. The van der Waals surface area contributed by atoms with E-state index in [1.54, 1.807) is 50.4 Å². The van der Waals surface area contributed by atoms with Gasteiger partial charge in [0, 0.05) is 25.2 Å². The van der Waals surface area contributed by atoms with E-state index in [1.807, 2.05) is 0 Å². The summed E-state index contributed by atoms with van der Waals surface area (Å²) >= 11 is 0. The molecule has 0 saturated carbocycles. The summed E-state index contributed by atoms with van der Waals surface area (Å²) < 4.78 is 5.12. The standard InChI is InChI=1S/C24H24N4O6/c1-3-27(24(33)25-15-7-9-16(34-2)10-8-15)13-14-5-4-6-17-20(14)23(32)28(22(17)31)18-11-12-19(29)26-21(18)30/h4-10,18H,3,11-13H2,1-2H3,(H,25,33)(H,26,29,30). The smallest absolute Gasteiger partial charge is 0.322 e. The summed E-state index contributed by atoms with van der Waals surface area (Å²) in [6, 6.07) is 10.3. The minimum atomic E-state index is -1.04.